The van der Waals surface area contributed by atoms with Gasteiger partial charge in [-0.05, 0) is 42.7 Å². The molecule has 0 fully saturated rings. The molecule has 0 aliphatic rings. The molecule has 0 amide bonds. The molecule has 88 valence electrons. The van der Waals surface area contributed by atoms with Crippen LogP contribution in [0.2, 0.25) is 0 Å². The van der Waals surface area contributed by atoms with Gasteiger partial charge in [0.2, 0.25) is 0 Å². The number of nitrogens with one attached hydrogen (secondary N) is 1. The Hall–Kier alpha value is -2.10. The summed E-state index contributed by atoms with van der Waals surface area (Å²) < 4.78 is 5.26. The van der Waals surface area contributed by atoms with Crippen LogP contribution in [0.25, 0.3) is 11.1 Å². The molecule has 0 saturated heterocycles. The maximum atomic E-state index is 11.2. The molecule has 2 rings (SSSR count). The van der Waals surface area contributed by atoms with Crippen LogP contribution in [0.15, 0.2) is 29.2 Å². The average Bonchev–Trinajstić information content (AvgIpc) is 2.31. The van der Waals surface area contributed by atoms with Gasteiger partial charge in [0, 0.05) is 11.6 Å². The quantitative estimate of drug-likeness (QED) is 0.859. The van der Waals surface area contributed by atoms with Gasteiger partial charge in [-0.3, -0.25) is 4.79 Å². The monoisotopic (exact) mass is 230 g/mol. The SMILES string of the molecule is COc1cc(C)c(-c2cn[nH]c(=O)c2)cc1C. The van der Waals surface area contributed by atoms with E-state index in [1.807, 2.05) is 26.0 Å². The summed E-state index contributed by atoms with van der Waals surface area (Å²) in [6, 6.07) is 5.51. The third-order valence-corrected chi connectivity index (χ3v) is 2.72. The minimum Gasteiger partial charge on any atom is -0.496 e. The summed E-state index contributed by atoms with van der Waals surface area (Å²) in [5.41, 5.74) is 3.71. The summed E-state index contributed by atoms with van der Waals surface area (Å²) in [7, 11) is 1.65. The van der Waals surface area contributed by atoms with Crippen LogP contribution in [0.4, 0.5) is 0 Å². The number of aromatic nitrogens is 2. The van der Waals surface area contributed by atoms with Crippen molar-refractivity contribution < 1.29 is 4.74 Å². The van der Waals surface area contributed by atoms with E-state index in [4.69, 9.17) is 4.74 Å². The lowest BCUT2D eigenvalue weighted by Crippen LogP contribution is -2.06. The molecule has 0 aliphatic carbocycles. The van der Waals surface area contributed by atoms with Gasteiger partial charge in [0.15, 0.2) is 0 Å². The van der Waals surface area contributed by atoms with Gasteiger partial charge in [0.25, 0.3) is 5.56 Å². The largest absolute Gasteiger partial charge is 0.496 e. The zero-order valence-electron chi connectivity index (χ0n) is 10.1. The van der Waals surface area contributed by atoms with E-state index in [0.29, 0.717) is 0 Å². The summed E-state index contributed by atoms with van der Waals surface area (Å²) in [6.07, 6.45) is 1.65. The van der Waals surface area contributed by atoms with E-state index in [9.17, 15) is 4.79 Å². The molecule has 1 aromatic heterocycles. The van der Waals surface area contributed by atoms with Gasteiger partial charge < -0.3 is 4.74 Å². The molecule has 0 bridgehead atoms. The number of rotatable bonds is 2. The Labute approximate surface area is 99.3 Å². The summed E-state index contributed by atoms with van der Waals surface area (Å²) in [6.45, 7) is 3.96. The van der Waals surface area contributed by atoms with Gasteiger partial charge in [-0.1, -0.05) is 0 Å². The van der Waals surface area contributed by atoms with E-state index in [0.717, 1.165) is 28.0 Å². The first-order valence-electron chi connectivity index (χ1n) is 5.32. The number of methoxy groups -OCH3 is 1. The fourth-order valence-electron chi connectivity index (χ4n) is 1.84. The zero-order chi connectivity index (χ0) is 12.4. The second-order valence-corrected chi connectivity index (χ2v) is 3.97. The second-order valence-electron chi connectivity index (χ2n) is 3.97. The maximum Gasteiger partial charge on any atom is 0.264 e. The van der Waals surface area contributed by atoms with Crippen molar-refractivity contribution in [2.24, 2.45) is 0 Å². The Morgan fingerprint density at radius 2 is 1.94 bits per heavy atom. The Balaban J connectivity index is 2.60. The summed E-state index contributed by atoms with van der Waals surface area (Å²) >= 11 is 0. The van der Waals surface area contributed by atoms with Crippen LogP contribution < -0.4 is 10.3 Å². The molecule has 0 atom stereocenters. The summed E-state index contributed by atoms with van der Waals surface area (Å²) in [5.74, 6) is 0.851. The predicted octanol–water partition coefficient (Wildman–Crippen LogP) is 2.06. The van der Waals surface area contributed by atoms with Crippen molar-refractivity contribution in [1.29, 1.82) is 0 Å². The van der Waals surface area contributed by atoms with Crippen LogP contribution in [-0.4, -0.2) is 17.3 Å². The number of aromatic amines is 1. The Morgan fingerprint density at radius 1 is 1.18 bits per heavy atom. The lowest BCUT2D eigenvalue weighted by molar-refractivity contribution is 0.411. The fourth-order valence-corrected chi connectivity index (χ4v) is 1.84. The molecule has 1 heterocycles. The van der Waals surface area contributed by atoms with Crippen LogP contribution in [0, 0.1) is 13.8 Å². The molecule has 2 aromatic rings. The van der Waals surface area contributed by atoms with Crippen molar-refractivity contribution in [1.82, 2.24) is 10.2 Å². The van der Waals surface area contributed by atoms with Crippen molar-refractivity contribution in [2.75, 3.05) is 7.11 Å². The van der Waals surface area contributed by atoms with Gasteiger partial charge >= 0.3 is 0 Å². The predicted molar refractivity (Wildman–Crippen MR) is 66.3 cm³/mol. The Kier molecular flexibility index (Phi) is 2.95. The highest BCUT2D eigenvalue weighted by Crippen LogP contribution is 2.28. The zero-order valence-corrected chi connectivity index (χ0v) is 10.1. The number of H-pyrrole nitrogens is 1. The highest BCUT2D eigenvalue weighted by molar-refractivity contribution is 5.68. The van der Waals surface area contributed by atoms with E-state index in [2.05, 4.69) is 10.2 Å². The standard InChI is InChI=1S/C13H14N2O2/c1-8-5-12(17-3)9(2)4-11(8)10-6-13(16)15-14-7-10/h4-7H,1-3H3,(H,15,16). The molecular weight excluding hydrogens is 216 g/mol. The molecule has 1 N–H and O–H groups in total. The number of hydrogen-bond donors (Lipinski definition) is 1. The molecule has 0 unspecified atom stereocenters. The molecule has 4 nitrogen and oxygen atoms in total. The lowest BCUT2D eigenvalue weighted by Gasteiger charge is -2.10. The molecular formula is C13H14N2O2. The maximum absolute atomic E-state index is 11.2. The normalized spacial score (nSPS) is 10.3. The number of benzene rings is 1. The molecule has 0 radical (unpaired) electrons. The second kappa shape index (κ2) is 4.41. The fraction of sp³-hybridized carbons (Fsp3) is 0.231. The van der Waals surface area contributed by atoms with E-state index in [-0.39, 0.29) is 5.56 Å². The smallest absolute Gasteiger partial charge is 0.264 e. The van der Waals surface area contributed by atoms with Gasteiger partial charge in [-0.2, -0.15) is 5.10 Å². The van der Waals surface area contributed by atoms with Crippen LogP contribution >= 0.6 is 0 Å². The molecule has 1 aromatic carbocycles. The van der Waals surface area contributed by atoms with Crippen molar-refractivity contribution in [2.45, 2.75) is 13.8 Å². The summed E-state index contributed by atoms with van der Waals surface area (Å²) in [4.78, 5) is 11.2. The van der Waals surface area contributed by atoms with E-state index < -0.39 is 0 Å². The van der Waals surface area contributed by atoms with Crippen molar-refractivity contribution >= 4 is 0 Å². The van der Waals surface area contributed by atoms with Crippen LogP contribution in [-0.2, 0) is 0 Å². The van der Waals surface area contributed by atoms with E-state index >= 15 is 0 Å². The van der Waals surface area contributed by atoms with E-state index in [1.54, 1.807) is 19.4 Å². The summed E-state index contributed by atoms with van der Waals surface area (Å²) in [5, 5.41) is 6.17. The minimum atomic E-state index is -0.199. The molecule has 17 heavy (non-hydrogen) atoms. The van der Waals surface area contributed by atoms with Crippen LogP contribution in [0.3, 0.4) is 0 Å². The Morgan fingerprint density at radius 3 is 2.59 bits per heavy atom. The first-order valence-corrected chi connectivity index (χ1v) is 5.32. The van der Waals surface area contributed by atoms with Gasteiger partial charge in [0.1, 0.15) is 5.75 Å². The topological polar surface area (TPSA) is 55.0 Å². The third kappa shape index (κ3) is 2.20. The number of aryl methyl sites for hydroxylation is 2. The van der Waals surface area contributed by atoms with Crippen LogP contribution in [0.1, 0.15) is 11.1 Å². The molecule has 4 heteroatoms. The lowest BCUT2D eigenvalue weighted by atomic mass is 9.99. The number of ether oxygens (including phenoxy) is 1. The molecule has 0 aliphatic heterocycles. The third-order valence-electron chi connectivity index (χ3n) is 2.72. The molecule has 0 spiro atoms. The van der Waals surface area contributed by atoms with Crippen LogP contribution in [0.5, 0.6) is 5.75 Å². The highest BCUT2D eigenvalue weighted by Gasteiger charge is 2.07. The van der Waals surface area contributed by atoms with Crippen molar-refractivity contribution in [3.63, 3.8) is 0 Å². The Bertz CT molecular complexity index is 603. The minimum absolute atomic E-state index is 0.199. The average molecular weight is 230 g/mol. The van der Waals surface area contributed by atoms with Gasteiger partial charge in [0.05, 0.1) is 13.3 Å². The van der Waals surface area contributed by atoms with Crippen molar-refractivity contribution in [3.05, 3.63) is 45.9 Å². The van der Waals surface area contributed by atoms with Gasteiger partial charge in [-0.25, -0.2) is 5.10 Å². The first-order chi connectivity index (χ1) is 8.11. The van der Waals surface area contributed by atoms with E-state index in [1.165, 1.54) is 0 Å². The highest BCUT2D eigenvalue weighted by atomic mass is 16.5. The van der Waals surface area contributed by atoms with Gasteiger partial charge in [-0.15, -0.1) is 0 Å². The van der Waals surface area contributed by atoms with Crippen molar-refractivity contribution in [3.8, 4) is 16.9 Å². The first kappa shape index (κ1) is 11.4. The number of nitrogens with zero attached hydrogens (tertiary/aromatic N) is 1. The molecule has 0 saturated carbocycles. The number of hydrogen-bond acceptors (Lipinski definition) is 3.